The number of hydrogen-bond acceptors (Lipinski definition) is 4. The third kappa shape index (κ3) is 8.88. The standard InChI is InChI=1S/C22H34FNO4Si/c1-21(2,3)28-20(25)24-14-10-12-17-11-9-13-18(23)19(17)26-15-16-27-29(7,8)22(4,5)6/h9,11,13H,14-16H2,1-8H3,(H,24,25). The largest absolute Gasteiger partial charge is 0.487 e. The molecule has 0 atom stereocenters. The van der Waals surface area contributed by atoms with Crippen LogP contribution in [0.3, 0.4) is 0 Å². The van der Waals surface area contributed by atoms with Crippen LogP contribution in [-0.4, -0.2) is 39.8 Å². The molecule has 0 aromatic heterocycles. The van der Waals surface area contributed by atoms with E-state index in [1.165, 1.54) is 6.07 Å². The molecule has 0 saturated heterocycles. The van der Waals surface area contributed by atoms with E-state index in [0.717, 1.165) is 0 Å². The Morgan fingerprint density at radius 1 is 1.14 bits per heavy atom. The highest BCUT2D eigenvalue weighted by Crippen LogP contribution is 2.36. The Morgan fingerprint density at radius 3 is 2.38 bits per heavy atom. The van der Waals surface area contributed by atoms with Gasteiger partial charge in [0.05, 0.1) is 18.7 Å². The SMILES string of the molecule is CC(C)(C)OC(=O)NCC#Cc1cccc(F)c1OCCO[Si](C)(C)C(C)(C)C. The molecule has 0 unspecified atom stereocenters. The third-order valence-corrected chi connectivity index (χ3v) is 9.05. The molecule has 1 aromatic rings. The number of amides is 1. The van der Waals surface area contributed by atoms with Crippen molar-refractivity contribution in [2.75, 3.05) is 19.8 Å². The zero-order valence-corrected chi connectivity index (χ0v) is 19.9. The van der Waals surface area contributed by atoms with Crippen LogP contribution in [0.1, 0.15) is 47.1 Å². The Bertz CT molecular complexity index is 755. The Balaban J connectivity index is 2.66. The first-order valence-electron chi connectivity index (χ1n) is 9.74. The smallest absolute Gasteiger partial charge is 0.408 e. The number of nitrogens with one attached hydrogen (secondary N) is 1. The minimum atomic E-state index is -1.88. The normalized spacial score (nSPS) is 12.0. The van der Waals surface area contributed by atoms with Gasteiger partial charge in [-0.3, -0.25) is 0 Å². The van der Waals surface area contributed by atoms with Crippen LogP contribution in [0.5, 0.6) is 5.75 Å². The van der Waals surface area contributed by atoms with Crippen LogP contribution in [0, 0.1) is 17.7 Å². The minimum absolute atomic E-state index is 0.0827. The van der Waals surface area contributed by atoms with Gasteiger partial charge in [-0.05, 0) is 51.0 Å². The fourth-order valence-electron chi connectivity index (χ4n) is 1.98. The first-order valence-corrected chi connectivity index (χ1v) is 12.6. The molecule has 5 nitrogen and oxygen atoms in total. The predicted octanol–water partition coefficient (Wildman–Crippen LogP) is 5.10. The molecule has 0 aliphatic carbocycles. The van der Waals surface area contributed by atoms with Gasteiger partial charge in [0.1, 0.15) is 12.2 Å². The van der Waals surface area contributed by atoms with Crippen LogP contribution in [0.2, 0.25) is 18.1 Å². The van der Waals surface area contributed by atoms with Crippen molar-refractivity contribution in [1.82, 2.24) is 5.32 Å². The number of benzene rings is 1. The molecule has 1 amide bonds. The highest BCUT2D eigenvalue weighted by Gasteiger charge is 2.36. The van der Waals surface area contributed by atoms with Crippen molar-refractivity contribution in [3.05, 3.63) is 29.6 Å². The van der Waals surface area contributed by atoms with Crippen LogP contribution in [0.4, 0.5) is 9.18 Å². The first-order chi connectivity index (χ1) is 13.2. The van der Waals surface area contributed by atoms with E-state index in [0.29, 0.717) is 12.2 Å². The van der Waals surface area contributed by atoms with Crippen LogP contribution in [-0.2, 0) is 9.16 Å². The van der Waals surface area contributed by atoms with E-state index in [1.807, 2.05) is 0 Å². The van der Waals surface area contributed by atoms with Crippen LogP contribution in [0.15, 0.2) is 18.2 Å². The number of halogens is 1. The zero-order chi connectivity index (χ0) is 22.3. The van der Waals surface area contributed by atoms with Crippen LogP contribution < -0.4 is 10.1 Å². The maximum absolute atomic E-state index is 14.2. The summed E-state index contributed by atoms with van der Waals surface area (Å²) in [4.78, 5) is 11.6. The molecule has 162 valence electrons. The number of ether oxygens (including phenoxy) is 2. The van der Waals surface area contributed by atoms with E-state index in [-0.39, 0.29) is 23.9 Å². The van der Waals surface area contributed by atoms with Gasteiger partial charge in [-0.2, -0.15) is 0 Å². The number of para-hydroxylation sites is 1. The van der Waals surface area contributed by atoms with Crippen LogP contribution in [0.25, 0.3) is 0 Å². The number of carbonyl (C=O) groups is 1. The molecule has 0 aliphatic heterocycles. The Morgan fingerprint density at radius 2 is 1.79 bits per heavy atom. The summed E-state index contributed by atoms with van der Waals surface area (Å²) >= 11 is 0. The van der Waals surface area contributed by atoms with Gasteiger partial charge in [-0.15, -0.1) is 0 Å². The van der Waals surface area contributed by atoms with E-state index < -0.39 is 25.8 Å². The van der Waals surface area contributed by atoms with Gasteiger partial charge >= 0.3 is 6.09 Å². The molecule has 0 saturated carbocycles. The average molecular weight is 424 g/mol. The average Bonchev–Trinajstić information content (AvgIpc) is 2.54. The summed E-state index contributed by atoms with van der Waals surface area (Å²) in [5.74, 6) is 5.24. The van der Waals surface area contributed by atoms with E-state index >= 15 is 0 Å². The molecule has 29 heavy (non-hydrogen) atoms. The van der Waals surface area contributed by atoms with Crippen molar-refractivity contribution in [3.63, 3.8) is 0 Å². The van der Waals surface area contributed by atoms with E-state index in [2.05, 4.69) is 51.0 Å². The Kier molecular flexibility index (Phi) is 8.73. The van der Waals surface area contributed by atoms with Crippen molar-refractivity contribution in [2.45, 2.75) is 65.3 Å². The van der Waals surface area contributed by atoms with Crippen LogP contribution >= 0.6 is 0 Å². The summed E-state index contributed by atoms with van der Waals surface area (Å²) in [6.07, 6.45) is -0.551. The number of alkyl carbamates (subject to hydrolysis) is 1. The molecule has 1 aromatic carbocycles. The summed E-state index contributed by atoms with van der Waals surface area (Å²) in [6, 6.07) is 4.57. The summed E-state index contributed by atoms with van der Waals surface area (Å²) in [5, 5.41) is 2.64. The molecule has 1 N–H and O–H groups in total. The van der Waals surface area contributed by atoms with E-state index in [9.17, 15) is 9.18 Å². The lowest BCUT2D eigenvalue weighted by Gasteiger charge is -2.36. The fraction of sp³-hybridized carbons (Fsp3) is 0.591. The summed E-state index contributed by atoms with van der Waals surface area (Å²) in [5.41, 5.74) is -0.156. The summed E-state index contributed by atoms with van der Waals surface area (Å²) < 4.78 is 31.0. The Labute approximate surface area is 175 Å². The van der Waals surface area contributed by atoms with Crippen molar-refractivity contribution in [2.24, 2.45) is 0 Å². The number of rotatable bonds is 6. The lowest BCUT2D eigenvalue weighted by molar-refractivity contribution is 0.0535. The lowest BCUT2D eigenvalue weighted by atomic mass is 10.2. The van der Waals surface area contributed by atoms with Gasteiger partial charge in [0, 0.05) is 0 Å². The lowest BCUT2D eigenvalue weighted by Crippen LogP contribution is -2.41. The maximum Gasteiger partial charge on any atom is 0.408 e. The fourth-order valence-corrected chi connectivity index (χ4v) is 3.01. The second kappa shape index (κ2) is 10.1. The molecule has 7 heteroatoms. The zero-order valence-electron chi connectivity index (χ0n) is 18.9. The number of carbonyl (C=O) groups excluding carboxylic acids is 1. The minimum Gasteiger partial charge on any atom is -0.487 e. The van der Waals surface area contributed by atoms with Crippen molar-refractivity contribution in [3.8, 4) is 17.6 Å². The summed E-state index contributed by atoms with van der Waals surface area (Å²) in [7, 11) is -1.88. The predicted molar refractivity (Wildman–Crippen MR) is 116 cm³/mol. The third-order valence-electron chi connectivity index (χ3n) is 4.51. The molecule has 0 spiro atoms. The number of hydrogen-bond donors (Lipinski definition) is 1. The molecule has 0 heterocycles. The van der Waals surface area contributed by atoms with E-state index in [4.69, 9.17) is 13.9 Å². The molecular formula is C22H34FNO4Si. The highest BCUT2D eigenvalue weighted by molar-refractivity contribution is 6.74. The van der Waals surface area contributed by atoms with Gasteiger partial charge in [0.2, 0.25) is 0 Å². The maximum atomic E-state index is 14.2. The quantitative estimate of drug-likeness (QED) is 0.393. The van der Waals surface area contributed by atoms with E-state index in [1.54, 1.807) is 32.9 Å². The van der Waals surface area contributed by atoms with Crippen molar-refractivity contribution in [1.29, 1.82) is 0 Å². The topological polar surface area (TPSA) is 56.8 Å². The monoisotopic (exact) mass is 423 g/mol. The van der Waals surface area contributed by atoms with Gasteiger partial charge in [-0.25, -0.2) is 9.18 Å². The second-order valence-corrected chi connectivity index (χ2v) is 14.0. The van der Waals surface area contributed by atoms with Gasteiger partial charge < -0.3 is 19.2 Å². The molecule has 0 bridgehead atoms. The molecule has 1 rings (SSSR count). The van der Waals surface area contributed by atoms with Crippen molar-refractivity contribution < 1.29 is 23.1 Å². The molecular weight excluding hydrogens is 389 g/mol. The molecule has 0 fully saturated rings. The molecule has 0 radical (unpaired) electrons. The second-order valence-electron chi connectivity index (χ2n) is 9.23. The van der Waals surface area contributed by atoms with Gasteiger partial charge in [-0.1, -0.05) is 38.7 Å². The van der Waals surface area contributed by atoms with Crippen molar-refractivity contribution >= 4 is 14.4 Å². The van der Waals surface area contributed by atoms with Gasteiger partial charge in [0.25, 0.3) is 0 Å². The highest BCUT2D eigenvalue weighted by atomic mass is 28.4. The first kappa shape index (κ1) is 25.0. The van der Waals surface area contributed by atoms with Gasteiger partial charge in [0.15, 0.2) is 19.9 Å². The Hall–Kier alpha value is -2.04. The summed E-state index contributed by atoms with van der Waals surface area (Å²) in [6.45, 7) is 16.9. The molecule has 0 aliphatic rings.